The summed E-state index contributed by atoms with van der Waals surface area (Å²) < 4.78 is 5.42. The van der Waals surface area contributed by atoms with Crippen LogP contribution in [0.25, 0.3) is 11.2 Å². The Morgan fingerprint density at radius 1 is 1.30 bits per heavy atom. The van der Waals surface area contributed by atoms with E-state index >= 15 is 0 Å². The molecule has 1 aliphatic rings. The number of carbonyl (C=O) groups is 1. The number of carbonyl (C=O) groups excluding carboxylic acids is 1. The van der Waals surface area contributed by atoms with Crippen molar-refractivity contribution in [2.45, 2.75) is 45.1 Å². The Balaban J connectivity index is 1.71. The molecule has 23 heavy (non-hydrogen) atoms. The van der Waals surface area contributed by atoms with E-state index in [1.165, 1.54) is 0 Å². The molecule has 1 fully saturated rings. The van der Waals surface area contributed by atoms with Crippen LogP contribution in [0.1, 0.15) is 45.1 Å². The van der Waals surface area contributed by atoms with E-state index in [1.54, 1.807) is 11.1 Å². The van der Waals surface area contributed by atoms with E-state index in [0.717, 1.165) is 23.9 Å². The Labute approximate surface area is 134 Å². The van der Waals surface area contributed by atoms with E-state index in [0.29, 0.717) is 24.7 Å². The molecule has 7 nitrogen and oxygen atoms in total. The van der Waals surface area contributed by atoms with E-state index in [9.17, 15) is 9.59 Å². The minimum Gasteiger partial charge on any atom is -0.444 e. The highest BCUT2D eigenvalue weighted by atomic mass is 16.6. The molecule has 0 atom stereocenters. The lowest BCUT2D eigenvalue weighted by molar-refractivity contribution is 0.0205. The maximum atomic E-state index is 12.1. The summed E-state index contributed by atoms with van der Waals surface area (Å²) in [5.74, 6) is 0.297. The van der Waals surface area contributed by atoms with Gasteiger partial charge in [0.25, 0.3) is 0 Å². The normalized spacial score (nSPS) is 16.7. The van der Waals surface area contributed by atoms with Gasteiger partial charge in [0.15, 0.2) is 5.65 Å². The first kappa shape index (κ1) is 15.6. The van der Waals surface area contributed by atoms with Gasteiger partial charge in [-0.2, -0.15) is 0 Å². The number of pyridine rings is 1. The van der Waals surface area contributed by atoms with Gasteiger partial charge in [-0.15, -0.1) is 0 Å². The number of hydrogen-bond donors (Lipinski definition) is 2. The second-order valence-corrected chi connectivity index (χ2v) is 6.94. The topological polar surface area (TPSA) is 91.1 Å². The molecule has 124 valence electrons. The fraction of sp³-hybridized carbons (Fsp3) is 0.562. The predicted octanol–water partition coefficient (Wildman–Crippen LogP) is 2.37. The zero-order chi connectivity index (χ0) is 16.6. The van der Waals surface area contributed by atoms with Gasteiger partial charge in [0.05, 0.1) is 5.52 Å². The largest absolute Gasteiger partial charge is 0.444 e. The summed E-state index contributed by atoms with van der Waals surface area (Å²) >= 11 is 0. The number of imidazole rings is 1. The third kappa shape index (κ3) is 3.38. The highest BCUT2D eigenvalue weighted by molar-refractivity contribution is 5.74. The number of ether oxygens (including phenoxy) is 1. The number of rotatable bonds is 1. The van der Waals surface area contributed by atoms with Crippen molar-refractivity contribution in [2.75, 3.05) is 13.1 Å². The Hall–Kier alpha value is -2.31. The van der Waals surface area contributed by atoms with Gasteiger partial charge in [0.1, 0.15) is 5.60 Å². The second kappa shape index (κ2) is 5.72. The summed E-state index contributed by atoms with van der Waals surface area (Å²) in [5.41, 5.74) is 1.72. The summed E-state index contributed by atoms with van der Waals surface area (Å²) in [6.45, 7) is 6.91. The zero-order valence-corrected chi connectivity index (χ0v) is 13.7. The molecule has 0 bridgehead atoms. The SMILES string of the molecule is CC(C)(C)OC(=O)N1CCC(c2ccnc3[nH]c(=O)[nH]c23)CC1. The van der Waals surface area contributed by atoms with Crippen molar-refractivity contribution in [3.8, 4) is 0 Å². The number of piperidine rings is 1. The first-order valence-electron chi connectivity index (χ1n) is 7.88. The molecule has 7 heteroatoms. The van der Waals surface area contributed by atoms with Crippen molar-refractivity contribution in [3.05, 3.63) is 28.3 Å². The molecule has 1 amide bonds. The van der Waals surface area contributed by atoms with Crippen molar-refractivity contribution in [2.24, 2.45) is 0 Å². The van der Waals surface area contributed by atoms with E-state index in [-0.39, 0.29) is 11.8 Å². The van der Waals surface area contributed by atoms with Crippen LogP contribution >= 0.6 is 0 Å². The minimum atomic E-state index is -0.476. The van der Waals surface area contributed by atoms with Gasteiger partial charge >= 0.3 is 11.8 Å². The second-order valence-electron chi connectivity index (χ2n) is 6.94. The highest BCUT2D eigenvalue weighted by Crippen LogP contribution is 2.31. The zero-order valence-electron chi connectivity index (χ0n) is 13.7. The standard InChI is InChI=1S/C16H22N4O3/c1-16(2,3)23-15(22)20-8-5-10(6-9-20)11-4-7-17-13-12(11)18-14(21)19-13/h4,7,10H,5-6,8-9H2,1-3H3,(H2,17,18,19,21). The van der Waals surface area contributed by atoms with Gasteiger partial charge in [-0.3, -0.25) is 4.98 Å². The van der Waals surface area contributed by atoms with Crippen LogP contribution in [0, 0.1) is 0 Å². The van der Waals surface area contributed by atoms with E-state index in [1.807, 2.05) is 26.8 Å². The van der Waals surface area contributed by atoms with Gasteiger partial charge in [0, 0.05) is 19.3 Å². The molecule has 0 radical (unpaired) electrons. The molecule has 0 aromatic carbocycles. The summed E-state index contributed by atoms with van der Waals surface area (Å²) in [7, 11) is 0. The fourth-order valence-corrected chi connectivity index (χ4v) is 2.99. The number of amides is 1. The maximum absolute atomic E-state index is 12.1. The Morgan fingerprint density at radius 3 is 2.65 bits per heavy atom. The molecule has 2 aromatic heterocycles. The number of aromatic amines is 2. The smallest absolute Gasteiger partial charge is 0.410 e. The van der Waals surface area contributed by atoms with Crippen molar-refractivity contribution >= 4 is 17.3 Å². The number of likely N-dealkylation sites (tertiary alicyclic amines) is 1. The summed E-state index contributed by atoms with van der Waals surface area (Å²) in [4.78, 5) is 35.0. The molecule has 0 saturated carbocycles. The summed E-state index contributed by atoms with van der Waals surface area (Å²) in [6.07, 6.45) is 3.13. The third-order valence-corrected chi connectivity index (χ3v) is 4.04. The predicted molar refractivity (Wildman–Crippen MR) is 86.5 cm³/mol. The third-order valence-electron chi connectivity index (χ3n) is 4.04. The first-order chi connectivity index (χ1) is 10.8. The molecule has 0 unspecified atom stereocenters. The van der Waals surface area contributed by atoms with Gasteiger partial charge in [0.2, 0.25) is 0 Å². The number of nitrogens with zero attached hydrogens (tertiary/aromatic N) is 2. The molecule has 2 aromatic rings. The van der Waals surface area contributed by atoms with Crippen molar-refractivity contribution in [1.29, 1.82) is 0 Å². The highest BCUT2D eigenvalue weighted by Gasteiger charge is 2.28. The molecule has 2 N–H and O–H groups in total. The van der Waals surface area contributed by atoms with Gasteiger partial charge < -0.3 is 14.6 Å². The Bertz CT molecular complexity index is 763. The van der Waals surface area contributed by atoms with Crippen molar-refractivity contribution in [1.82, 2.24) is 19.9 Å². The molecule has 0 spiro atoms. The molecule has 1 saturated heterocycles. The number of aromatic nitrogens is 3. The van der Waals surface area contributed by atoms with Crippen LogP contribution in [0.4, 0.5) is 4.79 Å². The molecule has 3 heterocycles. The van der Waals surface area contributed by atoms with Crippen LogP contribution in [0.3, 0.4) is 0 Å². The van der Waals surface area contributed by atoms with Gasteiger partial charge in [-0.25, -0.2) is 14.6 Å². The first-order valence-corrected chi connectivity index (χ1v) is 7.88. The lowest BCUT2D eigenvalue weighted by atomic mass is 9.89. The lowest BCUT2D eigenvalue weighted by Gasteiger charge is -2.33. The van der Waals surface area contributed by atoms with E-state index in [2.05, 4.69) is 15.0 Å². The van der Waals surface area contributed by atoms with Crippen LogP contribution in [0.2, 0.25) is 0 Å². The van der Waals surface area contributed by atoms with Crippen LogP contribution in [0.5, 0.6) is 0 Å². The fourth-order valence-electron chi connectivity index (χ4n) is 2.99. The monoisotopic (exact) mass is 318 g/mol. The van der Waals surface area contributed by atoms with Crippen LogP contribution in [0.15, 0.2) is 17.1 Å². The van der Waals surface area contributed by atoms with Gasteiger partial charge in [-0.1, -0.05) is 0 Å². The molecular formula is C16H22N4O3. The van der Waals surface area contributed by atoms with Crippen LogP contribution < -0.4 is 5.69 Å². The Kier molecular flexibility index (Phi) is 3.87. The number of nitrogens with one attached hydrogen (secondary N) is 2. The maximum Gasteiger partial charge on any atom is 0.410 e. The van der Waals surface area contributed by atoms with Gasteiger partial charge in [-0.05, 0) is 51.2 Å². The average molecular weight is 318 g/mol. The number of H-pyrrole nitrogens is 2. The van der Waals surface area contributed by atoms with Crippen LogP contribution in [-0.4, -0.2) is 44.6 Å². The average Bonchev–Trinajstić information content (AvgIpc) is 2.85. The quantitative estimate of drug-likeness (QED) is 0.844. The molecule has 1 aliphatic heterocycles. The molecule has 0 aliphatic carbocycles. The van der Waals surface area contributed by atoms with Crippen LogP contribution in [-0.2, 0) is 4.74 Å². The summed E-state index contributed by atoms with van der Waals surface area (Å²) in [5, 5.41) is 0. The van der Waals surface area contributed by atoms with Crippen molar-refractivity contribution < 1.29 is 9.53 Å². The Morgan fingerprint density at radius 2 is 2.00 bits per heavy atom. The summed E-state index contributed by atoms with van der Waals surface area (Å²) in [6, 6.07) is 1.94. The van der Waals surface area contributed by atoms with E-state index in [4.69, 9.17) is 4.74 Å². The van der Waals surface area contributed by atoms with E-state index < -0.39 is 5.60 Å². The minimum absolute atomic E-state index is 0.244. The number of fused-ring (bicyclic) bond motifs is 1. The van der Waals surface area contributed by atoms with Crippen molar-refractivity contribution in [3.63, 3.8) is 0 Å². The lowest BCUT2D eigenvalue weighted by Crippen LogP contribution is -2.41. The number of hydrogen-bond acceptors (Lipinski definition) is 4. The molecular weight excluding hydrogens is 296 g/mol. The molecule has 3 rings (SSSR count).